The third kappa shape index (κ3) is 4.46. The van der Waals surface area contributed by atoms with Crippen molar-refractivity contribution in [2.45, 2.75) is 12.5 Å². The molecule has 0 saturated heterocycles. The van der Waals surface area contributed by atoms with E-state index in [1.807, 2.05) is 54.6 Å². The second-order valence-electron chi connectivity index (χ2n) is 7.29. The van der Waals surface area contributed by atoms with Crippen LogP contribution >= 0.6 is 0 Å². The van der Waals surface area contributed by atoms with Crippen LogP contribution in [-0.4, -0.2) is 36.3 Å². The van der Waals surface area contributed by atoms with E-state index in [2.05, 4.69) is 5.10 Å². The molecule has 0 spiro atoms. The van der Waals surface area contributed by atoms with E-state index in [-0.39, 0.29) is 29.9 Å². The molecule has 0 aromatic heterocycles. The number of nitrogens with zero attached hydrogens (tertiary/aromatic N) is 2. The molecule has 0 fully saturated rings. The van der Waals surface area contributed by atoms with Crippen molar-refractivity contribution < 1.29 is 19.1 Å². The Morgan fingerprint density at radius 2 is 1.69 bits per heavy atom. The minimum atomic E-state index is -0.616. The summed E-state index contributed by atoms with van der Waals surface area (Å²) in [7, 11) is 1.61. The summed E-state index contributed by atoms with van der Waals surface area (Å²) in [6, 6.07) is 23.6. The summed E-state index contributed by atoms with van der Waals surface area (Å²) in [5.74, 6) is 0.0618. The molecule has 0 radical (unpaired) electrons. The molecule has 1 atom stereocenters. The highest BCUT2D eigenvalue weighted by atomic mass is 16.5. The number of methoxy groups -OCH3 is 1. The lowest BCUT2D eigenvalue weighted by atomic mass is 9.98. The van der Waals surface area contributed by atoms with E-state index in [9.17, 15) is 9.59 Å². The number of hydrogen-bond acceptors (Lipinski definition) is 5. The van der Waals surface area contributed by atoms with Gasteiger partial charge in [0, 0.05) is 6.42 Å². The highest BCUT2D eigenvalue weighted by Crippen LogP contribution is 2.33. The van der Waals surface area contributed by atoms with Gasteiger partial charge in [0.25, 0.3) is 11.8 Å². The maximum absolute atomic E-state index is 13.1. The number of nitrogens with two attached hydrogens (primary N) is 1. The SMILES string of the molecule is COc1ccc([C@@H]2CC(c3ccccc3)=NN2C(=O)COc2ccccc2C(N)=O)cc1. The molecular formula is C25H23N3O4. The Balaban J connectivity index is 1.58. The molecule has 1 aliphatic rings. The van der Waals surface area contributed by atoms with Crippen molar-refractivity contribution in [3.05, 3.63) is 95.6 Å². The van der Waals surface area contributed by atoms with Crippen LogP contribution in [0.4, 0.5) is 0 Å². The van der Waals surface area contributed by atoms with Gasteiger partial charge in [-0.05, 0) is 35.4 Å². The average Bonchev–Trinajstić information content (AvgIpc) is 3.29. The van der Waals surface area contributed by atoms with Gasteiger partial charge in [0.15, 0.2) is 6.61 Å². The Hall–Kier alpha value is -4.13. The predicted molar refractivity (Wildman–Crippen MR) is 121 cm³/mol. The Labute approximate surface area is 186 Å². The van der Waals surface area contributed by atoms with Gasteiger partial charge in [-0.25, -0.2) is 5.01 Å². The summed E-state index contributed by atoms with van der Waals surface area (Å²) in [6.45, 7) is -0.275. The highest BCUT2D eigenvalue weighted by Gasteiger charge is 2.33. The number of para-hydroxylation sites is 1. The van der Waals surface area contributed by atoms with Crippen LogP contribution in [-0.2, 0) is 4.79 Å². The molecule has 0 unspecified atom stereocenters. The summed E-state index contributed by atoms with van der Waals surface area (Å²) >= 11 is 0. The molecule has 2 N–H and O–H groups in total. The first-order valence-electron chi connectivity index (χ1n) is 10.2. The number of benzene rings is 3. The lowest BCUT2D eigenvalue weighted by Crippen LogP contribution is -2.31. The molecule has 32 heavy (non-hydrogen) atoms. The van der Waals surface area contributed by atoms with Crippen LogP contribution in [0.25, 0.3) is 0 Å². The van der Waals surface area contributed by atoms with Crippen molar-refractivity contribution >= 4 is 17.5 Å². The van der Waals surface area contributed by atoms with Gasteiger partial charge in [-0.1, -0.05) is 54.6 Å². The van der Waals surface area contributed by atoms with Gasteiger partial charge in [0.1, 0.15) is 11.5 Å². The van der Waals surface area contributed by atoms with E-state index in [0.717, 1.165) is 22.6 Å². The fourth-order valence-electron chi connectivity index (χ4n) is 3.63. The quantitative estimate of drug-likeness (QED) is 0.621. The molecule has 1 heterocycles. The van der Waals surface area contributed by atoms with Gasteiger partial charge < -0.3 is 15.2 Å². The molecule has 3 aromatic rings. The summed E-state index contributed by atoms with van der Waals surface area (Å²) in [5.41, 5.74) is 8.34. The van der Waals surface area contributed by atoms with Gasteiger partial charge >= 0.3 is 0 Å². The van der Waals surface area contributed by atoms with E-state index >= 15 is 0 Å². The first-order valence-corrected chi connectivity index (χ1v) is 10.2. The first kappa shape index (κ1) is 21.1. The first-order chi connectivity index (χ1) is 15.6. The van der Waals surface area contributed by atoms with Crippen LogP contribution in [0.5, 0.6) is 11.5 Å². The molecule has 1 aliphatic heterocycles. The number of hydrazone groups is 1. The highest BCUT2D eigenvalue weighted by molar-refractivity contribution is 6.03. The van der Waals surface area contributed by atoms with Gasteiger partial charge in [-0.3, -0.25) is 9.59 Å². The third-order valence-electron chi connectivity index (χ3n) is 5.28. The molecule has 2 amide bonds. The van der Waals surface area contributed by atoms with Crippen molar-refractivity contribution in [1.82, 2.24) is 5.01 Å². The van der Waals surface area contributed by atoms with Crippen LogP contribution in [0.2, 0.25) is 0 Å². The normalized spacial score (nSPS) is 15.2. The van der Waals surface area contributed by atoms with Gasteiger partial charge in [0.05, 0.1) is 24.4 Å². The largest absolute Gasteiger partial charge is 0.497 e. The minimum absolute atomic E-state index is 0.224. The molecule has 0 saturated carbocycles. The van der Waals surface area contributed by atoms with Crippen molar-refractivity contribution in [3.8, 4) is 11.5 Å². The molecule has 7 nitrogen and oxygen atoms in total. The Kier molecular flexibility index (Phi) is 6.17. The number of rotatable bonds is 7. The Morgan fingerprint density at radius 3 is 2.38 bits per heavy atom. The second-order valence-corrected chi connectivity index (χ2v) is 7.29. The summed E-state index contributed by atoms with van der Waals surface area (Å²) in [6.07, 6.45) is 0.569. The van der Waals surface area contributed by atoms with E-state index in [4.69, 9.17) is 15.2 Å². The smallest absolute Gasteiger partial charge is 0.281 e. The number of carbonyl (C=O) groups excluding carboxylic acids is 2. The molecule has 0 aliphatic carbocycles. The number of hydrogen-bond donors (Lipinski definition) is 1. The number of ether oxygens (including phenoxy) is 2. The zero-order valence-electron chi connectivity index (χ0n) is 17.6. The number of carbonyl (C=O) groups is 2. The average molecular weight is 429 g/mol. The fourth-order valence-corrected chi connectivity index (χ4v) is 3.63. The van der Waals surface area contributed by atoms with E-state index < -0.39 is 5.91 Å². The van der Waals surface area contributed by atoms with E-state index in [0.29, 0.717) is 6.42 Å². The zero-order chi connectivity index (χ0) is 22.5. The van der Waals surface area contributed by atoms with Crippen molar-refractivity contribution in [1.29, 1.82) is 0 Å². The molecule has 7 heteroatoms. The maximum Gasteiger partial charge on any atom is 0.281 e. The van der Waals surface area contributed by atoms with Crippen LogP contribution in [0.15, 0.2) is 84.0 Å². The van der Waals surface area contributed by atoms with Crippen LogP contribution in [0.3, 0.4) is 0 Å². The second kappa shape index (κ2) is 9.34. The third-order valence-corrected chi connectivity index (χ3v) is 5.28. The predicted octanol–water partition coefficient (Wildman–Crippen LogP) is 3.55. The number of amides is 2. The standard InChI is InChI=1S/C25H23N3O4/c1-31-19-13-11-18(12-14-19)22-15-21(17-7-3-2-4-8-17)27-28(22)24(29)16-32-23-10-6-5-9-20(23)25(26)30/h2-14,22H,15-16H2,1H3,(H2,26,30)/t22-/m0/s1. The Bertz CT molecular complexity index is 1140. The monoisotopic (exact) mass is 429 g/mol. The maximum atomic E-state index is 13.1. The number of primary amides is 1. The molecular weight excluding hydrogens is 406 g/mol. The van der Waals surface area contributed by atoms with E-state index in [1.165, 1.54) is 5.01 Å². The van der Waals surface area contributed by atoms with Gasteiger partial charge in [0.2, 0.25) is 0 Å². The van der Waals surface area contributed by atoms with E-state index in [1.54, 1.807) is 31.4 Å². The summed E-state index contributed by atoms with van der Waals surface area (Å²) in [5, 5.41) is 6.08. The summed E-state index contributed by atoms with van der Waals surface area (Å²) in [4.78, 5) is 24.8. The lowest BCUT2D eigenvalue weighted by Gasteiger charge is -2.22. The zero-order valence-corrected chi connectivity index (χ0v) is 17.6. The van der Waals surface area contributed by atoms with Crippen LogP contribution in [0, 0.1) is 0 Å². The van der Waals surface area contributed by atoms with Crippen molar-refractivity contribution in [2.24, 2.45) is 10.8 Å². The van der Waals surface area contributed by atoms with Gasteiger partial charge in [-0.15, -0.1) is 0 Å². The van der Waals surface area contributed by atoms with Gasteiger partial charge in [-0.2, -0.15) is 5.10 Å². The summed E-state index contributed by atoms with van der Waals surface area (Å²) < 4.78 is 10.9. The minimum Gasteiger partial charge on any atom is -0.497 e. The lowest BCUT2D eigenvalue weighted by molar-refractivity contribution is -0.135. The molecule has 3 aromatic carbocycles. The van der Waals surface area contributed by atoms with Crippen molar-refractivity contribution in [3.63, 3.8) is 0 Å². The van der Waals surface area contributed by atoms with Crippen LogP contribution in [0.1, 0.15) is 33.9 Å². The fraction of sp³-hybridized carbons (Fsp3) is 0.160. The van der Waals surface area contributed by atoms with Crippen LogP contribution < -0.4 is 15.2 Å². The van der Waals surface area contributed by atoms with Crippen molar-refractivity contribution in [2.75, 3.05) is 13.7 Å². The molecule has 0 bridgehead atoms. The molecule has 4 rings (SSSR count). The Morgan fingerprint density at radius 1 is 1.00 bits per heavy atom. The topological polar surface area (TPSA) is 94.2 Å². The molecule has 162 valence electrons.